The number of piperidine rings is 1. The van der Waals surface area contributed by atoms with Crippen LogP contribution in [0.15, 0.2) is 30.3 Å². The molecule has 0 unspecified atom stereocenters. The van der Waals surface area contributed by atoms with Gasteiger partial charge < -0.3 is 15.4 Å². The summed E-state index contributed by atoms with van der Waals surface area (Å²) < 4.78 is 6.19. The fourth-order valence-corrected chi connectivity index (χ4v) is 5.19. The van der Waals surface area contributed by atoms with Crippen molar-refractivity contribution in [1.82, 2.24) is 10.6 Å². The van der Waals surface area contributed by atoms with E-state index in [0.29, 0.717) is 11.6 Å². The molecule has 1 amide bonds. The number of halogens is 2. The lowest BCUT2D eigenvalue weighted by Gasteiger charge is -2.40. The van der Waals surface area contributed by atoms with Crippen molar-refractivity contribution in [3.63, 3.8) is 0 Å². The largest absolute Gasteiger partial charge is 0.369 e. The lowest BCUT2D eigenvalue weighted by Crippen LogP contribution is -2.43. The zero-order valence-corrected chi connectivity index (χ0v) is 16.7. The van der Waals surface area contributed by atoms with E-state index in [2.05, 4.69) is 16.7 Å². The van der Waals surface area contributed by atoms with E-state index >= 15 is 0 Å². The van der Waals surface area contributed by atoms with Crippen molar-refractivity contribution >= 4 is 41.3 Å². The van der Waals surface area contributed by atoms with Gasteiger partial charge in [-0.15, -0.1) is 23.7 Å². The molecule has 1 fully saturated rings. The van der Waals surface area contributed by atoms with Crippen LogP contribution in [0.25, 0.3) is 0 Å². The molecule has 2 aromatic rings. The smallest absolute Gasteiger partial charge is 0.261 e. The Bertz CT molecular complexity index is 788. The molecule has 7 heteroatoms. The highest BCUT2D eigenvalue weighted by molar-refractivity contribution is 7.14. The van der Waals surface area contributed by atoms with Crippen LogP contribution in [0.2, 0.25) is 5.02 Å². The van der Waals surface area contributed by atoms with Crippen molar-refractivity contribution in [2.75, 3.05) is 19.7 Å². The summed E-state index contributed by atoms with van der Waals surface area (Å²) in [6.07, 6.45) is 2.84. The molecule has 140 valence electrons. The quantitative estimate of drug-likeness (QED) is 0.803. The molecule has 1 aromatic carbocycles. The Labute approximate surface area is 168 Å². The number of amides is 1. The molecule has 0 saturated carbocycles. The van der Waals surface area contributed by atoms with Gasteiger partial charge in [0.25, 0.3) is 5.91 Å². The maximum atomic E-state index is 12.6. The molecule has 3 heterocycles. The summed E-state index contributed by atoms with van der Waals surface area (Å²) in [5, 5.41) is 7.08. The van der Waals surface area contributed by atoms with E-state index in [1.54, 1.807) is 11.3 Å². The molecule has 0 atom stereocenters. The highest BCUT2D eigenvalue weighted by Crippen LogP contribution is 2.44. The van der Waals surface area contributed by atoms with Crippen LogP contribution in [0, 0.1) is 0 Å². The van der Waals surface area contributed by atoms with Crippen molar-refractivity contribution in [3.8, 4) is 0 Å². The minimum absolute atomic E-state index is 0. The second-order valence-electron chi connectivity index (χ2n) is 6.62. The first kappa shape index (κ1) is 19.6. The summed E-state index contributed by atoms with van der Waals surface area (Å²) >= 11 is 7.59. The standard InChI is InChI=1S/C19H21ClN2O2S.ClH/c20-15-3-1-2-13(10-15)12-22-18(23)16-11-14-4-9-24-19(17(14)25-16)5-7-21-8-6-19;/h1-3,10-11,21H,4-9,12H2,(H,22,23);1H. The Morgan fingerprint density at radius 2 is 2.12 bits per heavy atom. The fourth-order valence-electron chi connectivity index (χ4n) is 3.65. The van der Waals surface area contributed by atoms with E-state index in [-0.39, 0.29) is 23.9 Å². The molecule has 2 aliphatic rings. The molecule has 0 radical (unpaired) electrons. The Balaban J connectivity index is 0.00000196. The predicted octanol–water partition coefficient (Wildman–Crippen LogP) is 3.90. The van der Waals surface area contributed by atoms with Gasteiger partial charge in [-0.1, -0.05) is 23.7 Å². The number of hydrogen-bond acceptors (Lipinski definition) is 4. The monoisotopic (exact) mass is 412 g/mol. The maximum Gasteiger partial charge on any atom is 0.261 e. The average molecular weight is 413 g/mol. The predicted molar refractivity (Wildman–Crippen MR) is 108 cm³/mol. The van der Waals surface area contributed by atoms with Crippen LogP contribution >= 0.6 is 35.3 Å². The molecule has 4 nitrogen and oxygen atoms in total. The molecule has 26 heavy (non-hydrogen) atoms. The zero-order chi connectivity index (χ0) is 17.3. The first-order valence-electron chi connectivity index (χ1n) is 8.67. The Kier molecular flexibility index (Phi) is 6.25. The van der Waals surface area contributed by atoms with Gasteiger partial charge in [0.15, 0.2) is 0 Å². The second-order valence-corrected chi connectivity index (χ2v) is 8.11. The maximum absolute atomic E-state index is 12.6. The number of benzene rings is 1. The van der Waals surface area contributed by atoms with Crippen molar-refractivity contribution in [1.29, 1.82) is 0 Å². The van der Waals surface area contributed by atoms with Crippen LogP contribution < -0.4 is 10.6 Å². The number of thiophene rings is 1. The number of carbonyl (C=O) groups is 1. The van der Waals surface area contributed by atoms with E-state index in [0.717, 1.165) is 49.4 Å². The summed E-state index contributed by atoms with van der Waals surface area (Å²) in [5.41, 5.74) is 2.10. The number of ether oxygens (including phenoxy) is 1. The molecule has 1 saturated heterocycles. The second kappa shape index (κ2) is 8.28. The van der Waals surface area contributed by atoms with E-state index in [1.165, 1.54) is 10.4 Å². The minimum atomic E-state index is -0.186. The highest BCUT2D eigenvalue weighted by Gasteiger charge is 2.41. The molecular weight excluding hydrogens is 391 g/mol. The zero-order valence-electron chi connectivity index (χ0n) is 14.3. The molecular formula is C19H22Cl2N2O2S. The highest BCUT2D eigenvalue weighted by atomic mass is 35.5. The van der Waals surface area contributed by atoms with Gasteiger partial charge >= 0.3 is 0 Å². The van der Waals surface area contributed by atoms with Crippen LogP contribution in [-0.4, -0.2) is 25.6 Å². The molecule has 0 aliphatic carbocycles. The molecule has 1 aromatic heterocycles. The lowest BCUT2D eigenvalue weighted by atomic mass is 9.86. The van der Waals surface area contributed by atoms with Crippen LogP contribution in [-0.2, 0) is 23.3 Å². The van der Waals surface area contributed by atoms with Gasteiger partial charge in [0.05, 0.1) is 11.5 Å². The SMILES string of the molecule is Cl.O=C(NCc1cccc(Cl)c1)c1cc2c(s1)C1(CCNCC1)OCC2. The molecule has 2 N–H and O–H groups in total. The number of rotatable bonds is 3. The van der Waals surface area contributed by atoms with Crippen molar-refractivity contribution in [2.45, 2.75) is 31.4 Å². The van der Waals surface area contributed by atoms with Crippen molar-refractivity contribution in [3.05, 3.63) is 56.2 Å². The Hall–Kier alpha value is -1.11. The summed E-state index contributed by atoms with van der Waals surface area (Å²) in [6, 6.07) is 9.62. The van der Waals surface area contributed by atoms with Crippen molar-refractivity contribution < 1.29 is 9.53 Å². The fraction of sp³-hybridized carbons (Fsp3) is 0.421. The van der Waals surface area contributed by atoms with Crippen LogP contribution in [0.3, 0.4) is 0 Å². The molecule has 1 spiro atoms. The van der Waals surface area contributed by atoms with Gasteiger partial charge in [-0.2, -0.15) is 0 Å². The van der Waals surface area contributed by atoms with E-state index in [4.69, 9.17) is 16.3 Å². The summed E-state index contributed by atoms with van der Waals surface area (Å²) in [5.74, 6) is -0.0246. The minimum Gasteiger partial charge on any atom is -0.369 e. The van der Waals surface area contributed by atoms with Gasteiger partial charge in [-0.3, -0.25) is 4.79 Å². The number of carbonyl (C=O) groups excluding carboxylic acids is 1. The topological polar surface area (TPSA) is 50.4 Å². The average Bonchev–Trinajstić information content (AvgIpc) is 3.07. The lowest BCUT2D eigenvalue weighted by molar-refractivity contribution is -0.0771. The summed E-state index contributed by atoms with van der Waals surface area (Å²) in [6.45, 7) is 3.15. The van der Waals surface area contributed by atoms with Gasteiger partial charge in [0.2, 0.25) is 0 Å². The first-order chi connectivity index (χ1) is 12.2. The number of fused-ring (bicyclic) bond motifs is 2. The molecule has 2 aliphatic heterocycles. The van der Waals surface area contributed by atoms with E-state index < -0.39 is 0 Å². The first-order valence-corrected chi connectivity index (χ1v) is 9.86. The Morgan fingerprint density at radius 3 is 2.88 bits per heavy atom. The number of nitrogens with one attached hydrogen (secondary N) is 2. The normalized spacial score (nSPS) is 18.0. The van der Waals surface area contributed by atoms with E-state index in [1.807, 2.05) is 24.3 Å². The van der Waals surface area contributed by atoms with Crippen LogP contribution in [0.5, 0.6) is 0 Å². The van der Waals surface area contributed by atoms with Gasteiger partial charge in [0, 0.05) is 16.4 Å². The van der Waals surface area contributed by atoms with E-state index in [9.17, 15) is 4.79 Å². The van der Waals surface area contributed by atoms with Gasteiger partial charge in [-0.05, 0) is 61.7 Å². The molecule has 4 rings (SSSR count). The summed E-state index contributed by atoms with van der Waals surface area (Å²) in [7, 11) is 0. The third kappa shape index (κ3) is 3.92. The third-order valence-electron chi connectivity index (χ3n) is 4.95. The van der Waals surface area contributed by atoms with Gasteiger partial charge in [-0.25, -0.2) is 0 Å². The Morgan fingerprint density at radius 1 is 1.31 bits per heavy atom. The van der Waals surface area contributed by atoms with Crippen LogP contribution in [0.4, 0.5) is 0 Å². The summed E-state index contributed by atoms with van der Waals surface area (Å²) in [4.78, 5) is 14.6. The van der Waals surface area contributed by atoms with Gasteiger partial charge in [0.1, 0.15) is 5.60 Å². The third-order valence-corrected chi connectivity index (χ3v) is 6.55. The number of hydrogen-bond donors (Lipinski definition) is 2. The van der Waals surface area contributed by atoms with Crippen LogP contribution in [0.1, 0.15) is 38.5 Å². The van der Waals surface area contributed by atoms with Crippen molar-refractivity contribution in [2.24, 2.45) is 0 Å². The molecule has 0 bridgehead atoms.